The average molecular weight is 236 g/mol. The van der Waals surface area contributed by atoms with Gasteiger partial charge in [0.05, 0.1) is 12.4 Å². The minimum atomic E-state index is 0.619. The summed E-state index contributed by atoms with van der Waals surface area (Å²) in [7, 11) is 1.86. The molecule has 0 unspecified atom stereocenters. The van der Waals surface area contributed by atoms with Gasteiger partial charge in [0.1, 0.15) is 11.6 Å². The summed E-state index contributed by atoms with van der Waals surface area (Å²) in [5.41, 5.74) is 0. The lowest BCUT2D eigenvalue weighted by molar-refractivity contribution is 0.548. The molecule has 96 valence electrons. The Morgan fingerprint density at radius 1 is 1.12 bits per heavy atom. The highest BCUT2D eigenvalue weighted by Crippen LogP contribution is 2.15. The van der Waals surface area contributed by atoms with E-state index in [2.05, 4.69) is 47.9 Å². The monoisotopic (exact) mass is 236 g/mol. The number of hydrogen-bond acceptors (Lipinski definition) is 4. The predicted molar refractivity (Wildman–Crippen MR) is 73.5 cm³/mol. The first-order valence-corrected chi connectivity index (χ1v) is 6.27. The first-order valence-electron chi connectivity index (χ1n) is 6.27. The summed E-state index contributed by atoms with van der Waals surface area (Å²) in [6.45, 7) is 10.9. The highest BCUT2D eigenvalue weighted by atomic mass is 15.2. The highest BCUT2D eigenvalue weighted by molar-refractivity contribution is 5.43. The van der Waals surface area contributed by atoms with Crippen molar-refractivity contribution in [1.29, 1.82) is 0 Å². The van der Waals surface area contributed by atoms with Crippen molar-refractivity contribution in [3.8, 4) is 0 Å². The fourth-order valence-electron chi connectivity index (χ4n) is 1.77. The lowest BCUT2D eigenvalue weighted by atomic mass is 10.1. The Hall–Kier alpha value is -1.32. The van der Waals surface area contributed by atoms with Crippen LogP contribution in [-0.4, -0.2) is 30.1 Å². The summed E-state index contributed by atoms with van der Waals surface area (Å²) < 4.78 is 0. The Balaban J connectivity index is 2.86. The van der Waals surface area contributed by atoms with Crippen LogP contribution in [0.15, 0.2) is 12.4 Å². The van der Waals surface area contributed by atoms with Crippen molar-refractivity contribution in [2.24, 2.45) is 11.8 Å². The topological polar surface area (TPSA) is 41.1 Å². The van der Waals surface area contributed by atoms with Gasteiger partial charge in [-0.25, -0.2) is 4.98 Å². The molecule has 0 aliphatic carbocycles. The molecule has 0 saturated carbocycles. The second-order valence-electron chi connectivity index (χ2n) is 5.21. The normalized spacial score (nSPS) is 11.0. The summed E-state index contributed by atoms with van der Waals surface area (Å²) in [6, 6.07) is 0. The predicted octanol–water partition coefficient (Wildman–Crippen LogP) is 2.64. The standard InChI is InChI=1S/C13H24N4/c1-10(2)8-17(9-11(3)4)13-7-15-6-12(14-5)16-13/h6-7,10-11H,8-9H2,1-5H3,(H,14,16). The van der Waals surface area contributed by atoms with Gasteiger partial charge in [-0.1, -0.05) is 27.7 Å². The van der Waals surface area contributed by atoms with E-state index in [0.29, 0.717) is 11.8 Å². The molecule has 1 aromatic rings. The third-order valence-corrected chi connectivity index (χ3v) is 2.37. The number of nitrogens with one attached hydrogen (secondary N) is 1. The molecule has 17 heavy (non-hydrogen) atoms. The van der Waals surface area contributed by atoms with E-state index in [9.17, 15) is 0 Å². The summed E-state index contributed by atoms with van der Waals surface area (Å²) in [5.74, 6) is 3.02. The van der Waals surface area contributed by atoms with E-state index < -0.39 is 0 Å². The van der Waals surface area contributed by atoms with Crippen LogP contribution in [0.4, 0.5) is 11.6 Å². The van der Waals surface area contributed by atoms with Gasteiger partial charge in [-0.2, -0.15) is 0 Å². The third-order valence-electron chi connectivity index (χ3n) is 2.37. The summed E-state index contributed by atoms with van der Waals surface area (Å²) in [6.07, 6.45) is 3.58. The molecule has 4 heteroatoms. The van der Waals surface area contributed by atoms with Crippen molar-refractivity contribution in [2.45, 2.75) is 27.7 Å². The van der Waals surface area contributed by atoms with E-state index >= 15 is 0 Å². The Labute approximate surface area is 104 Å². The smallest absolute Gasteiger partial charge is 0.149 e. The molecule has 0 amide bonds. The molecule has 4 nitrogen and oxygen atoms in total. The minimum absolute atomic E-state index is 0.619. The van der Waals surface area contributed by atoms with E-state index in [-0.39, 0.29) is 0 Å². The second-order valence-corrected chi connectivity index (χ2v) is 5.21. The maximum absolute atomic E-state index is 4.55. The van der Waals surface area contributed by atoms with Crippen LogP contribution in [-0.2, 0) is 0 Å². The number of rotatable bonds is 6. The zero-order chi connectivity index (χ0) is 12.8. The van der Waals surface area contributed by atoms with Gasteiger partial charge in [0.15, 0.2) is 0 Å². The van der Waals surface area contributed by atoms with Crippen LogP contribution < -0.4 is 10.2 Å². The fraction of sp³-hybridized carbons (Fsp3) is 0.692. The molecule has 1 N–H and O–H groups in total. The van der Waals surface area contributed by atoms with E-state index in [1.54, 1.807) is 6.20 Å². The van der Waals surface area contributed by atoms with Crippen molar-refractivity contribution < 1.29 is 0 Å². The molecule has 0 atom stereocenters. The molecular weight excluding hydrogens is 212 g/mol. The quantitative estimate of drug-likeness (QED) is 0.824. The minimum Gasteiger partial charge on any atom is -0.372 e. The van der Waals surface area contributed by atoms with Crippen LogP contribution >= 0.6 is 0 Å². The maximum atomic E-state index is 4.55. The number of anilines is 2. The maximum Gasteiger partial charge on any atom is 0.149 e. The summed E-state index contributed by atoms with van der Waals surface area (Å²) >= 11 is 0. The van der Waals surface area contributed by atoms with Gasteiger partial charge in [-0.05, 0) is 11.8 Å². The van der Waals surface area contributed by atoms with Crippen LogP contribution in [0.1, 0.15) is 27.7 Å². The molecule has 0 aliphatic heterocycles. The Morgan fingerprint density at radius 3 is 2.18 bits per heavy atom. The van der Waals surface area contributed by atoms with Crippen LogP contribution in [0, 0.1) is 11.8 Å². The fourth-order valence-corrected chi connectivity index (χ4v) is 1.77. The Kier molecular flexibility index (Phi) is 5.19. The average Bonchev–Trinajstić information content (AvgIpc) is 2.27. The Morgan fingerprint density at radius 2 is 1.71 bits per heavy atom. The lowest BCUT2D eigenvalue weighted by Gasteiger charge is -2.27. The molecule has 1 heterocycles. The van der Waals surface area contributed by atoms with Crippen molar-refractivity contribution in [1.82, 2.24) is 9.97 Å². The lowest BCUT2D eigenvalue weighted by Crippen LogP contribution is -2.32. The zero-order valence-corrected chi connectivity index (χ0v) is 11.6. The zero-order valence-electron chi connectivity index (χ0n) is 11.6. The van der Waals surface area contributed by atoms with Gasteiger partial charge in [-0.15, -0.1) is 0 Å². The van der Waals surface area contributed by atoms with Crippen LogP contribution in [0.5, 0.6) is 0 Å². The van der Waals surface area contributed by atoms with Gasteiger partial charge in [0.25, 0.3) is 0 Å². The molecule has 0 bridgehead atoms. The number of nitrogens with zero attached hydrogens (tertiary/aromatic N) is 3. The van der Waals surface area contributed by atoms with E-state index in [4.69, 9.17) is 0 Å². The molecule has 1 aromatic heterocycles. The van der Waals surface area contributed by atoms with Crippen molar-refractivity contribution >= 4 is 11.6 Å². The van der Waals surface area contributed by atoms with Crippen molar-refractivity contribution in [3.05, 3.63) is 12.4 Å². The summed E-state index contributed by atoms with van der Waals surface area (Å²) in [5, 5.41) is 3.03. The molecule has 0 fully saturated rings. The van der Waals surface area contributed by atoms with Gasteiger partial charge >= 0.3 is 0 Å². The van der Waals surface area contributed by atoms with Crippen LogP contribution in [0.25, 0.3) is 0 Å². The summed E-state index contributed by atoms with van der Waals surface area (Å²) in [4.78, 5) is 11.1. The van der Waals surface area contributed by atoms with E-state index in [0.717, 1.165) is 24.7 Å². The third kappa shape index (κ3) is 4.59. The molecule has 0 aliphatic rings. The van der Waals surface area contributed by atoms with Gasteiger partial charge in [0.2, 0.25) is 0 Å². The first kappa shape index (κ1) is 13.7. The second kappa shape index (κ2) is 6.42. The first-order chi connectivity index (χ1) is 8.02. The largest absolute Gasteiger partial charge is 0.372 e. The van der Waals surface area contributed by atoms with E-state index in [1.807, 2.05) is 13.2 Å². The van der Waals surface area contributed by atoms with Gasteiger partial charge in [-0.3, -0.25) is 4.98 Å². The van der Waals surface area contributed by atoms with Gasteiger partial charge in [0, 0.05) is 20.1 Å². The molecule has 0 radical (unpaired) electrons. The van der Waals surface area contributed by atoms with Gasteiger partial charge < -0.3 is 10.2 Å². The molecular formula is C13H24N4. The number of hydrogen-bond donors (Lipinski definition) is 1. The molecule has 0 spiro atoms. The SMILES string of the molecule is CNc1cncc(N(CC(C)C)CC(C)C)n1. The molecule has 0 saturated heterocycles. The van der Waals surface area contributed by atoms with Crippen LogP contribution in [0.2, 0.25) is 0 Å². The van der Waals surface area contributed by atoms with E-state index in [1.165, 1.54) is 0 Å². The number of aromatic nitrogens is 2. The van der Waals surface area contributed by atoms with Crippen molar-refractivity contribution in [3.63, 3.8) is 0 Å². The molecule has 0 aromatic carbocycles. The Bertz CT molecular complexity index is 326. The van der Waals surface area contributed by atoms with Crippen molar-refractivity contribution in [2.75, 3.05) is 30.4 Å². The van der Waals surface area contributed by atoms with Crippen LogP contribution in [0.3, 0.4) is 0 Å². The highest BCUT2D eigenvalue weighted by Gasteiger charge is 2.12. The molecule has 1 rings (SSSR count).